The average molecular weight is 755 g/mol. The van der Waals surface area contributed by atoms with Crippen molar-refractivity contribution in [3.8, 4) is 40.2 Å². The molecule has 8 nitrogen and oxygen atoms in total. The minimum atomic E-state index is -0.300. The van der Waals surface area contributed by atoms with E-state index in [1.54, 1.807) is 19.3 Å². The molecule has 2 rings (SSSR count). The molecule has 0 spiro atoms. The van der Waals surface area contributed by atoms with Crippen molar-refractivity contribution in [3.63, 3.8) is 0 Å². The van der Waals surface area contributed by atoms with E-state index in [1.165, 1.54) is 0 Å². The first-order valence-corrected chi connectivity index (χ1v) is 21.0. The van der Waals surface area contributed by atoms with Crippen LogP contribution >= 0.6 is 0 Å². The third kappa shape index (κ3) is 14.9. The van der Waals surface area contributed by atoms with Gasteiger partial charge in [0.25, 0.3) is 0 Å². The van der Waals surface area contributed by atoms with Crippen molar-refractivity contribution < 1.29 is 38.0 Å². The number of ether oxygens (including phenoxy) is 7. The molecule has 2 aromatic carbocycles. The van der Waals surface area contributed by atoms with Crippen molar-refractivity contribution in [2.45, 2.75) is 197 Å². The number of hydrogen-bond donors (Lipinski definition) is 0. The molecule has 0 N–H and O–H groups in total. The fraction of sp³-hybridized carbons (Fsp3) is 0.674. The molecule has 6 atom stereocenters. The monoisotopic (exact) mass is 755 g/mol. The maximum Gasteiger partial charge on any atom is 0.193 e. The summed E-state index contributed by atoms with van der Waals surface area (Å²) in [5.41, 5.74) is 0.958. The number of methoxy groups -OCH3 is 1. The zero-order chi connectivity index (χ0) is 40.2. The number of allylic oxidation sites excluding steroid dienone is 1. The lowest BCUT2D eigenvalue weighted by Crippen LogP contribution is -2.21. The molecule has 0 heterocycles. The molecule has 0 saturated heterocycles. The van der Waals surface area contributed by atoms with Gasteiger partial charge in [0.1, 0.15) is 11.3 Å². The molecule has 0 saturated carbocycles. The van der Waals surface area contributed by atoms with Crippen LogP contribution in [0.1, 0.15) is 176 Å². The van der Waals surface area contributed by atoms with Crippen LogP contribution in [0.2, 0.25) is 0 Å². The third-order valence-electron chi connectivity index (χ3n) is 9.22. The molecular weight excluding hydrogens is 680 g/mol. The minimum Gasteiger partial charge on any atom is -0.493 e. The van der Waals surface area contributed by atoms with Gasteiger partial charge < -0.3 is 33.2 Å². The maximum absolute atomic E-state index is 14.9. The van der Waals surface area contributed by atoms with Gasteiger partial charge in [-0.15, -0.1) is 0 Å². The minimum absolute atomic E-state index is 0.00458. The summed E-state index contributed by atoms with van der Waals surface area (Å²) >= 11 is 0. The fourth-order valence-corrected chi connectivity index (χ4v) is 6.61. The summed E-state index contributed by atoms with van der Waals surface area (Å²) < 4.78 is 45.3. The van der Waals surface area contributed by atoms with Gasteiger partial charge >= 0.3 is 0 Å². The molecule has 0 aliphatic rings. The molecule has 0 amide bonds. The van der Waals surface area contributed by atoms with Gasteiger partial charge in [0.15, 0.2) is 40.3 Å². The average Bonchev–Trinajstić information content (AvgIpc) is 3.10. The molecule has 306 valence electrons. The first-order valence-electron chi connectivity index (χ1n) is 21.0. The summed E-state index contributed by atoms with van der Waals surface area (Å²) in [6.07, 6.45) is 13.5. The summed E-state index contributed by atoms with van der Waals surface area (Å²) in [4.78, 5) is 14.9. The summed E-state index contributed by atoms with van der Waals surface area (Å²) in [5, 5.41) is 0. The van der Waals surface area contributed by atoms with Crippen LogP contribution in [0.25, 0.3) is 6.08 Å². The van der Waals surface area contributed by atoms with Gasteiger partial charge in [0.05, 0.1) is 43.7 Å². The van der Waals surface area contributed by atoms with Gasteiger partial charge in [0.2, 0.25) is 0 Å². The predicted molar refractivity (Wildman–Crippen MR) is 223 cm³/mol. The third-order valence-corrected chi connectivity index (χ3v) is 9.22. The zero-order valence-corrected chi connectivity index (χ0v) is 36.1. The number of rotatable bonds is 28. The van der Waals surface area contributed by atoms with Gasteiger partial charge in [-0.3, -0.25) is 4.79 Å². The van der Waals surface area contributed by atoms with Crippen LogP contribution in [0.5, 0.6) is 40.2 Å². The van der Waals surface area contributed by atoms with E-state index >= 15 is 0 Å². The Morgan fingerprint density at radius 3 is 1.26 bits per heavy atom. The van der Waals surface area contributed by atoms with E-state index in [0.717, 1.165) is 77.0 Å². The van der Waals surface area contributed by atoms with E-state index in [1.807, 2.05) is 52.8 Å². The van der Waals surface area contributed by atoms with Gasteiger partial charge in [-0.25, -0.2) is 0 Å². The molecule has 8 heteroatoms. The molecule has 6 unspecified atom stereocenters. The molecule has 54 heavy (non-hydrogen) atoms. The number of ketones is 1. The summed E-state index contributed by atoms with van der Waals surface area (Å²) in [6, 6.07) is 5.65. The van der Waals surface area contributed by atoms with Crippen LogP contribution in [0.15, 0.2) is 24.3 Å². The van der Waals surface area contributed by atoms with Crippen LogP contribution in [0, 0.1) is 0 Å². The quantitative estimate of drug-likeness (QED) is 0.0627. The van der Waals surface area contributed by atoms with Crippen molar-refractivity contribution in [2.24, 2.45) is 0 Å². The Labute approximate surface area is 328 Å². The van der Waals surface area contributed by atoms with E-state index in [4.69, 9.17) is 33.2 Å². The Morgan fingerprint density at radius 1 is 0.500 bits per heavy atom. The van der Waals surface area contributed by atoms with Crippen LogP contribution in [0.4, 0.5) is 0 Å². The first-order chi connectivity index (χ1) is 25.8. The van der Waals surface area contributed by atoms with Crippen molar-refractivity contribution in [1.29, 1.82) is 0 Å². The van der Waals surface area contributed by atoms with Gasteiger partial charge in [-0.05, 0) is 98.3 Å². The number of hydrogen-bond acceptors (Lipinski definition) is 8. The molecule has 0 aliphatic heterocycles. The van der Waals surface area contributed by atoms with E-state index in [2.05, 4.69) is 48.5 Å². The van der Waals surface area contributed by atoms with Crippen LogP contribution in [-0.4, -0.2) is 49.5 Å². The maximum atomic E-state index is 14.9. The van der Waals surface area contributed by atoms with Crippen molar-refractivity contribution >= 4 is 11.9 Å². The Morgan fingerprint density at radius 2 is 0.870 bits per heavy atom. The standard InChI is InChI=1S/C46H74O8/c1-14-20-31(7)49-38-28-37(44(40(29-38)48-13)52-34(10)23-17-4)26-27-39(47)43-45(53-35(11)24-18-5)41(50-32(8)21-15-2)30-42(51-33(9)22-16-3)46(43)54-36(12)25-19-6/h26-36H,14-25H2,1-13H3. The highest BCUT2D eigenvalue weighted by atomic mass is 16.5. The predicted octanol–water partition coefficient (Wildman–Crippen LogP) is 13.0. The van der Waals surface area contributed by atoms with Gasteiger partial charge in [0, 0.05) is 17.7 Å². The lowest BCUT2D eigenvalue weighted by Gasteiger charge is -2.27. The smallest absolute Gasteiger partial charge is 0.193 e. The molecule has 0 bridgehead atoms. The molecule has 0 fully saturated rings. The van der Waals surface area contributed by atoms with Crippen molar-refractivity contribution in [3.05, 3.63) is 35.4 Å². The van der Waals surface area contributed by atoms with E-state index < -0.39 is 0 Å². The summed E-state index contributed by atoms with van der Waals surface area (Å²) in [7, 11) is 1.62. The molecule has 0 aliphatic carbocycles. The Hall–Kier alpha value is -3.55. The highest BCUT2D eigenvalue weighted by Gasteiger charge is 2.30. The van der Waals surface area contributed by atoms with E-state index in [9.17, 15) is 4.79 Å². The summed E-state index contributed by atoms with van der Waals surface area (Å²) in [6.45, 7) is 25.0. The Balaban J connectivity index is 2.98. The number of carbonyl (C=O) groups excluding carboxylic acids is 1. The highest BCUT2D eigenvalue weighted by molar-refractivity contribution is 6.12. The van der Waals surface area contributed by atoms with E-state index in [0.29, 0.717) is 45.8 Å². The fourth-order valence-electron chi connectivity index (χ4n) is 6.61. The summed E-state index contributed by atoms with van der Waals surface area (Å²) in [5.74, 6) is 3.15. The normalized spacial score (nSPS) is 14.8. The number of benzene rings is 2. The lowest BCUT2D eigenvalue weighted by molar-refractivity contribution is 0.102. The SMILES string of the molecule is CCCC(C)Oc1cc(C=CC(=O)c2c(OC(C)CCC)c(OC(C)CCC)cc(OC(C)CCC)c2OC(C)CCC)c(OC(C)CCC)c(OC)c1. The zero-order valence-electron chi connectivity index (χ0n) is 36.1. The Bertz CT molecular complexity index is 1370. The second kappa shape index (κ2) is 24.8. The molecular formula is C46H74O8. The topological polar surface area (TPSA) is 81.7 Å². The van der Waals surface area contributed by atoms with Crippen molar-refractivity contribution in [1.82, 2.24) is 0 Å². The first kappa shape index (κ1) is 46.6. The number of carbonyl (C=O) groups is 1. The van der Waals surface area contributed by atoms with Gasteiger partial charge in [-0.1, -0.05) is 80.1 Å². The molecule has 0 aromatic heterocycles. The largest absolute Gasteiger partial charge is 0.493 e. The second-order valence-electron chi connectivity index (χ2n) is 15.0. The van der Waals surface area contributed by atoms with E-state index in [-0.39, 0.29) is 48.0 Å². The van der Waals surface area contributed by atoms with Crippen LogP contribution in [0.3, 0.4) is 0 Å². The molecule has 2 aromatic rings. The highest BCUT2D eigenvalue weighted by Crippen LogP contribution is 2.48. The molecule has 0 radical (unpaired) electrons. The van der Waals surface area contributed by atoms with Crippen LogP contribution < -0.4 is 33.2 Å². The van der Waals surface area contributed by atoms with Gasteiger partial charge in [-0.2, -0.15) is 0 Å². The van der Waals surface area contributed by atoms with Crippen molar-refractivity contribution in [2.75, 3.05) is 7.11 Å². The Kier molecular flexibility index (Phi) is 21.4. The second-order valence-corrected chi connectivity index (χ2v) is 15.0. The van der Waals surface area contributed by atoms with Crippen LogP contribution in [-0.2, 0) is 0 Å². The lowest BCUT2D eigenvalue weighted by atomic mass is 10.0.